The number of aromatic nitrogens is 1. The van der Waals surface area contributed by atoms with Crippen molar-refractivity contribution in [2.45, 2.75) is 12.4 Å². The van der Waals surface area contributed by atoms with Crippen molar-refractivity contribution < 1.29 is 26.3 Å². The van der Waals surface area contributed by atoms with Crippen LogP contribution in [0, 0.1) is 11.3 Å². The number of para-hydroxylation sites is 2. The highest BCUT2D eigenvalue weighted by Gasteiger charge is 2.40. The maximum Gasteiger partial charge on any atom is 0.418 e. The summed E-state index contributed by atoms with van der Waals surface area (Å²) < 4.78 is 82.9. The fraction of sp³-hybridized carbons (Fsp3) is 0.0952. The Morgan fingerprint density at radius 2 is 1.17 bits per heavy atom. The lowest BCUT2D eigenvalue weighted by Crippen LogP contribution is -2.16. The zero-order valence-corrected chi connectivity index (χ0v) is 14.4. The molecule has 8 heteroatoms. The highest BCUT2D eigenvalue weighted by Crippen LogP contribution is 2.42. The highest BCUT2D eigenvalue weighted by molar-refractivity contribution is 6.09. The molecule has 4 rings (SSSR count). The number of hydrogen-bond acceptors (Lipinski definition) is 1. The van der Waals surface area contributed by atoms with E-state index in [2.05, 4.69) is 0 Å². The Kier molecular flexibility index (Phi) is 4.08. The molecule has 0 atom stereocenters. The molecule has 0 fully saturated rings. The minimum atomic E-state index is -4.98. The third kappa shape index (κ3) is 2.99. The molecule has 0 N–H and O–H groups in total. The molecule has 0 aliphatic carbocycles. The Morgan fingerprint density at radius 3 is 1.62 bits per heavy atom. The minimum Gasteiger partial charge on any atom is -0.309 e. The van der Waals surface area contributed by atoms with E-state index in [9.17, 15) is 26.3 Å². The first-order chi connectivity index (χ1) is 13.6. The maximum atomic E-state index is 13.8. The van der Waals surface area contributed by atoms with Crippen LogP contribution in [0.1, 0.15) is 16.7 Å². The first kappa shape index (κ1) is 18.9. The van der Waals surface area contributed by atoms with E-state index >= 15 is 0 Å². The van der Waals surface area contributed by atoms with Crippen LogP contribution in [-0.4, -0.2) is 4.57 Å². The summed E-state index contributed by atoms with van der Waals surface area (Å²) in [6.45, 7) is 0. The molecule has 29 heavy (non-hydrogen) atoms. The van der Waals surface area contributed by atoms with E-state index in [0.717, 1.165) is 4.57 Å². The quantitative estimate of drug-likeness (QED) is 0.325. The smallest absolute Gasteiger partial charge is 0.309 e. The molecule has 0 aliphatic rings. The molecule has 3 aromatic carbocycles. The van der Waals surface area contributed by atoms with Crippen molar-refractivity contribution in [3.8, 4) is 11.8 Å². The fourth-order valence-electron chi connectivity index (χ4n) is 3.51. The predicted octanol–water partition coefficient (Wildman–Crippen LogP) is 6.69. The van der Waals surface area contributed by atoms with Crippen molar-refractivity contribution in [3.63, 3.8) is 0 Å². The summed E-state index contributed by atoms with van der Waals surface area (Å²) in [7, 11) is 0. The zero-order chi connectivity index (χ0) is 21.0. The molecule has 0 amide bonds. The van der Waals surface area contributed by atoms with Gasteiger partial charge in [-0.15, -0.1) is 0 Å². The third-order valence-electron chi connectivity index (χ3n) is 4.69. The van der Waals surface area contributed by atoms with Crippen LogP contribution in [0.25, 0.3) is 27.5 Å². The van der Waals surface area contributed by atoms with Gasteiger partial charge in [0.2, 0.25) is 0 Å². The number of halogens is 6. The van der Waals surface area contributed by atoms with Crippen LogP contribution >= 0.6 is 0 Å². The summed E-state index contributed by atoms with van der Waals surface area (Å²) in [6, 6.07) is 15.0. The van der Waals surface area contributed by atoms with Crippen molar-refractivity contribution >= 4 is 21.8 Å². The Labute approximate surface area is 160 Å². The number of nitriles is 1. The van der Waals surface area contributed by atoms with Gasteiger partial charge >= 0.3 is 12.4 Å². The molecule has 1 aromatic heterocycles. The lowest BCUT2D eigenvalue weighted by molar-refractivity contribution is -0.141. The van der Waals surface area contributed by atoms with Crippen LogP contribution in [0.2, 0.25) is 0 Å². The average Bonchev–Trinajstić information content (AvgIpc) is 3.00. The number of rotatable bonds is 1. The lowest BCUT2D eigenvalue weighted by atomic mass is 10.0. The van der Waals surface area contributed by atoms with Gasteiger partial charge < -0.3 is 4.57 Å². The second-order valence-corrected chi connectivity index (χ2v) is 6.39. The number of nitrogens with zero attached hydrogens (tertiary/aromatic N) is 2. The monoisotopic (exact) mass is 404 g/mol. The first-order valence-electron chi connectivity index (χ1n) is 8.34. The van der Waals surface area contributed by atoms with Crippen molar-refractivity contribution in [1.29, 1.82) is 5.26 Å². The van der Waals surface area contributed by atoms with Crippen molar-refractivity contribution in [2.75, 3.05) is 0 Å². The number of alkyl halides is 6. The van der Waals surface area contributed by atoms with E-state index in [0.29, 0.717) is 27.9 Å². The van der Waals surface area contributed by atoms with Crippen molar-refractivity contribution in [2.24, 2.45) is 0 Å². The van der Waals surface area contributed by atoms with Gasteiger partial charge in [0.05, 0.1) is 39.5 Å². The molecule has 0 saturated heterocycles. The van der Waals surface area contributed by atoms with Gasteiger partial charge in [0.25, 0.3) is 0 Å². The average molecular weight is 404 g/mol. The van der Waals surface area contributed by atoms with Crippen LogP contribution in [-0.2, 0) is 12.4 Å². The molecule has 1 heterocycles. The molecular weight excluding hydrogens is 394 g/mol. The van der Waals surface area contributed by atoms with Crippen LogP contribution in [0.4, 0.5) is 26.3 Å². The molecule has 0 spiro atoms. The minimum absolute atomic E-state index is 0.266. The predicted molar refractivity (Wildman–Crippen MR) is 95.5 cm³/mol. The van der Waals surface area contributed by atoms with Crippen molar-refractivity contribution in [1.82, 2.24) is 4.57 Å². The molecule has 4 aromatic rings. The molecule has 0 aliphatic heterocycles. The lowest BCUT2D eigenvalue weighted by Gasteiger charge is -2.19. The number of hydrogen-bond donors (Lipinski definition) is 0. The second-order valence-electron chi connectivity index (χ2n) is 6.39. The largest absolute Gasteiger partial charge is 0.418 e. The Bertz CT molecular complexity index is 1240. The standard InChI is InChI=1S/C21H10F6N2/c22-20(23,24)15-10-19(16(21(25,26)27)9-12(15)11-28)29-17-7-3-1-5-13(17)14-6-2-4-8-18(14)29/h1-10H. The van der Waals surface area contributed by atoms with Gasteiger partial charge in [-0.3, -0.25) is 0 Å². The van der Waals surface area contributed by atoms with Gasteiger partial charge in [0.15, 0.2) is 0 Å². The van der Waals surface area contributed by atoms with Gasteiger partial charge in [-0.05, 0) is 24.3 Å². The SMILES string of the molecule is N#Cc1cc(C(F)(F)F)c(-n2c3ccccc3c3ccccc32)cc1C(F)(F)F. The van der Waals surface area contributed by atoms with E-state index in [1.165, 1.54) is 6.07 Å². The normalized spacial score (nSPS) is 12.4. The van der Waals surface area contributed by atoms with Crippen molar-refractivity contribution in [3.05, 3.63) is 77.4 Å². The highest BCUT2D eigenvalue weighted by atomic mass is 19.4. The van der Waals surface area contributed by atoms with Crippen LogP contribution in [0.3, 0.4) is 0 Å². The molecular formula is C21H10F6N2. The summed E-state index contributed by atoms with van der Waals surface area (Å²) in [5, 5.41) is 10.2. The molecule has 0 unspecified atom stereocenters. The van der Waals surface area contributed by atoms with Gasteiger partial charge in [0, 0.05) is 10.8 Å². The third-order valence-corrected chi connectivity index (χ3v) is 4.69. The number of benzene rings is 3. The molecule has 0 saturated carbocycles. The summed E-state index contributed by atoms with van der Waals surface area (Å²) >= 11 is 0. The van der Waals surface area contributed by atoms with E-state index in [4.69, 9.17) is 5.26 Å². The molecule has 2 nitrogen and oxygen atoms in total. The number of fused-ring (bicyclic) bond motifs is 3. The van der Waals surface area contributed by atoms with E-state index in [1.54, 1.807) is 48.5 Å². The van der Waals surface area contributed by atoms with Crippen LogP contribution in [0.5, 0.6) is 0 Å². The van der Waals surface area contributed by atoms with Gasteiger partial charge in [0.1, 0.15) is 0 Å². The zero-order valence-electron chi connectivity index (χ0n) is 14.4. The topological polar surface area (TPSA) is 28.7 Å². The molecule has 146 valence electrons. The van der Waals surface area contributed by atoms with Gasteiger partial charge in [-0.1, -0.05) is 36.4 Å². The Morgan fingerprint density at radius 1 is 0.690 bits per heavy atom. The molecule has 0 radical (unpaired) electrons. The van der Waals surface area contributed by atoms with E-state index < -0.39 is 34.7 Å². The van der Waals surface area contributed by atoms with Crippen LogP contribution in [0.15, 0.2) is 60.7 Å². The Hall–Kier alpha value is -3.47. The fourth-order valence-corrected chi connectivity index (χ4v) is 3.51. The molecule has 0 bridgehead atoms. The summed E-state index contributed by atoms with van der Waals surface area (Å²) in [5.41, 5.74) is -3.82. The Balaban J connectivity index is 2.22. The van der Waals surface area contributed by atoms with Crippen LogP contribution < -0.4 is 0 Å². The summed E-state index contributed by atoms with van der Waals surface area (Å²) in [4.78, 5) is 0. The van der Waals surface area contributed by atoms with Gasteiger partial charge in [-0.2, -0.15) is 31.6 Å². The summed E-state index contributed by atoms with van der Waals surface area (Å²) in [5.74, 6) is 0. The van der Waals surface area contributed by atoms with E-state index in [1.807, 2.05) is 0 Å². The summed E-state index contributed by atoms with van der Waals surface area (Å²) in [6.07, 6.45) is -9.94. The first-order valence-corrected chi connectivity index (χ1v) is 8.34. The van der Waals surface area contributed by atoms with Gasteiger partial charge in [-0.25, -0.2) is 0 Å². The van der Waals surface area contributed by atoms with E-state index in [-0.39, 0.29) is 6.07 Å². The second kappa shape index (κ2) is 6.27. The maximum absolute atomic E-state index is 13.8.